The fraction of sp³-hybridized carbons (Fsp3) is 0.579. The van der Waals surface area contributed by atoms with Crippen molar-refractivity contribution < 1.29 is 9.59 Å². The maximum Gasteiger partial charge on any atom is 0.251 e. The molecule has 0 heterocycles. The van der Waals surface area contributed by atoms with Gasteiger partial charge in [0.2, 0.25) is 5.91 Å². The molecule has 23 heavy (non-hydrogen) atoms. The number of nitrogens with one attached hydrogen (secondary N) is 2. The van der Waals surface area contributed by atoms with Gasteiger partial charge < -0.3 is 10.6 Å². The Kier molecular flexibility index (Phi) is 4.99. The molecule has 2 amide bonds. The molecule has 2 saturated carbocycles. The van der Waals surface area contributed by atoms with Crippen LogP contribution in [0.5, 0.6) is 0 Å². The lowest BCUT2D eigenvalue weighted by Gasteiger charge is -2.20. The van der Waals surface area contributed by atoms with E-state index in [0.29, 0.717) is 31.0 Å². The first-order chi connectivity index (χ1) is 11.2. The summed E-state index contributed by atoms with van der Waals surface area (Å²) < 4.78 is 0. The normalized spacial score (nSPS) is 25.3. The van der Waals surface area contributed by atoms with Gasteiger partial charge in [0.05, 0.1) is 0 Å². The van der Waals surface area contributed by atoms with Crippen molar-refractivity contribution in [1.82, 2.24) is 10.6 Å². The number of carbonyl (C=O) groups excluding carboxylic acids is 2. The molecule has 3 rings (SSSR count). The van der Waals surface area contributed by atoms with Crippen LogP contribution >= 0.6 is 0 Å². The minimum Gasteiger partial charge on any atom is -0.352 e. The van der Waals surface area contributed by atoms with Gasteiger partial charge in [0.25, 0.3) is 5.91 Å². The number of benzene rings is 1. The summed E-state index contributed by atoms with van der Waals surface area (Å²) in [4.78, 5) is 24.0. The van der Waals surface area contributed by atoms with Gasteiger partial charge in [-0.1, -0.05) is 18.6 Å². The smallest absolute Gasteiger partial charge is 0.251 e. The number of carbonyl (C=O) groups is 2. The van der Waals surface area contributed by atoms with E-state index in [1.54, 1.807) is 6.07 Å². The van der Waals surface area contributed by atoms with Crippen molar-refractivity contribution in [3.63, 3.8) is 0 Å². The number of amides is 2. The van der Waals surface area contributed by atoms with Crippen LogP contribution in [-0.2, 0) is 11.3 Å². The molecule has 0 unspecified atom stereocenters. The Labute approximate surface area is 138 Å². The second-order valence-electron chi connectivity index (χ2n) is 6.98. The van der Waals surface area contributed by atoms with Crippen LogP contribution in [-0.4, -0.2) is 18.4 Å². The van der Waals surface area contributed by atoms with E-state index in [4.69, 9.17) is 0 Å². The molecule has 2 aliphatic rings. The Morgan fingerprint density at radius 2 is 2.04 bits per heavy atom. The van der Waals surface area contributed by atoms with E-state index in [2.05, 4.69) is 10.6 Å². The van der Waals surface area contributed by atoms with Crippen LogP contribution in [0, 0.1) is 17.8 Å². The van der Waals surface area contributed by atoms with Crippen LogP contribution in [0.1, 0.15) is 54.9 Å². The highest BCUT2D eigenvalue weighted by Gasteiger charge is 2.39. The first-order valence-corrected chi connectivity index (χ1v) is 8.79. The van der Waals surface area contributed by atoms with Crippen molar-refractivity contribution in [3.05, 3.63) is 35.4 Å². The summed E-state index contributed by atoms with van der Waals surface area (Å²) in [6, 6.07) is 7.46. The second kappa shape index (κ2) is 7.16. The zero-order chi connectivity index (χ0) is 16.2. The van der Waals surface area contributed by atoms with E-state index in [-0.39, 0.29) is 11.8 Å². The van der Waals surface area contributed by atoms with Gasteiger partial charge in [0.15, 0.2) is 0 Å². The fourth-order valence-corrected chi connectivity index (χ4v) is 4.22. The van der Waals surface area contributed by atoms with Crippen LogP contribution in [0.15, 0.2) is 24.3 Å². The summed E-state index contributed by atoms with van der Waals surface area (Å²) in [7, 11) is 0. The predicted molar refractivity (Wildman–Crippen MR) is 89.9 cm³/mol. The average Bonchev–Trinajstić information content (AvgIpc) is 3.16. The van der Waals surface area contributed by atoms with Crippen LogP contribution in [0.3, 0.4) is 0 Å². The molecule has 3 atom stereocenters. The molecule has 0 spiro atoms. The fourth-order valence-electron chi connectivity index (χ4n) is 4.22. The highest BCUT2D eigenvalue weighted by Crippen LogP contribution is 2.49. The molecule has 4 heteroatoms. The highest BCUT2D eigenvalue weighted by molar-refractivity contribution is 5.94. The molecular formula is C19H26N2O2. The van der Waals surface area contributed by atoms with Crippen molar-refractivity contribution in [3.8, 4) is 0 Å². The van der Waals surface area contributed by atoms with Gasteiger partial charge in [0, 0.05) is 25.1 Å². The molecule has 1 aromatic carbocycles. The third-order valence-electron chi connectivity index (χ3n) is 5.35. The average molecular weight is 314 g/mol. The van der Waals surface area contributed by atoms with Crippen molar-refractivity contribution in [2.24, 2.45) is 17.8 Å². The minimum atomic E-state index is -0.0670. The maximum atomic E-state index is 12.2. The van der Waals surface area contributed by atoms with Crippen molar-refractivity contribution in [1.29, 1.82) is 0 Å². The minimum absolute atomic E-state index is 0.0670. The van der Waals surface area contributed by atoms with Crippen molar-refractivity contribution >= 4 is 11.8 Å². The van der Waals surface area contributed by atoms with Crippen LogP contribution in [0.25, 0.3) is 0 Å². The molecular weight excluding hydrogens is 288 g/mol. The molecule has 4 nitrogen and oxygen atoms in total. The van der Waals surface area contributed by atoms with E-state index in [1.165, 1.54) is 25.7 Å². The van der Waals surface area contributed by atoms with E-state index >= 15 is 0 Å². The number of hydrogen-bond acceptors (Lipinski definition) is 2. The lowest BCUT2D eigenvalue weighted by molar-refractivity contribution is -0.122. The maximum absolute atomic E-state index is 12.2. The Bertz CT molecular complexity index is 584. The highest BCUT2D eigenvalue weighted by atomic mass is 16.2. The van der Waals surface area contributed by atoms with E-state index in [0.717, 1.165) is 17.4 Å². The lowest BCUT2D eigenvalue weighted by atomic mass is 9.86. The number of hydrogen-bond donors (Lipinski definition) is 2. The van der Waals surface area contributed by atoms with Gasteiger partial charge in [-0.15, -0.1) is 0 Å². The van der Waals surface area contributed by atoms with Crippen molar-refractivity contribution in [2.75, 3.05) is 6.54 Å². The molecule has 0 aliphatic heterocycles. The van der Waals surface area contributed by atoms with Gasteiger partial charge in [-0.25, -0.2) is 0 Å². The van der Waals surface area contributed by atoms with Gasteiger partial charge in [-0.05, 0) is 61.6 Å². The molecule has 2 aliphatic carbocycles. The number of rotatable bonds is 6. The number of fused-ring (bicyclic) bond motifs is 2. The van der Waals surface area contributed by atoms with Gasteiger partial charge in [-0.2, -0.15) is 0 Å². The third kappa shape index (κ3) is 3.92. The lowest BCUT2D eigenvalue weighted by Crippen LogP contribution is -2.27. The summed E-state index contributed by atoms with van der Waals surface area (Å²) in [5, 5.41) is 5.80. The van der Waals surface area contributed by atoms with Crippen LogP contribution < -0.4 is 10.6 Å². The Balaban J connectivity index is 1.49. The van der Waals surface area contributed by atoms with E-state index in [9.17, 15) is 9.59 Å². The Morgan fingerprint density at radius 3 is 2.74 bits per heavy atom. The van der Waals surface area contributed by atoms with Crippen LogP contribution in [0.4, 0.5) is 0 Å². The third-order valence-corrected chi connectivity index (χ3v) is 5.35. The largest absolute Gasteiger partial charge is 0.352 e. The Morgan fingerprint density at radius 1 is 1.17 bits per heavy atom. The summed E-state index contributed by atoms with van der Waals surface area (Å²) in [5.74, 6) is 2.34. The molecule has 124 valence electrons. The zero-order valence-electron chi connectivity index (χ0n) is 13.8. The molecule has 0 aromatic heterocycles. The summed E-state index contributed by atoms with van der Waals surface area (Å²) >= 11 is 0. The zero-order valence-corrected chi connectivity index (χ0v) is 13.8. The summed E-state index contributed by atoms with van der Waals surface area (Å²) in [5.41, 5.74) is 1.61. The van der Waals surface area contributed by atoms with Crippen molar-refractivity contribution in [2.45, 2.75) is 45.6 Å². The molecule has 2 fully saturated rings. The second-order valence-corrected chi connectivity index (χ2v) is 6.98. The summed E-state index contributed by atoms with van der Waals surface area (Å²) in [6.45, 7) is 3.01. The van der Waals surface area contributed by atoms with Gasteiger partial charge in [-0.3, -0.25) is 9.59 Å². The van der Waals surface area contributed by atoms with E-state index < -0.39 is 0 Å². The summed E-state index contributed by atoms with van der Waals surface area (Å²) in [6.07, 6.45) is 5.93. The van der Waals surface area contributed by atoms with Gasteiger partial charge >= 0.3 is 0 Å². The monoisotopic (exact) mass is 314 g/mol. The van der Waals surface area contributed by atoms with Crippen LogP contribution in [0.2, 0.25) is 0 Å². The van der Waals surface area contributed by atoms with Gasteiger partial charge in [0.1, 0.15) is 0 Å². The molecule has 0 radical (unpaired) electrons. The first-order valence-electron chi connectivity index (χ1n) is 8.79. The topological polar surface area (TPSA) is 58.2 Å². The van der Waals surface area contributed by atoms with E-state index in [1.807, 2.05) is 25.1 Å². The molecule has 2 bridgehead atoms. The molecule has 0 saturated heterocycles. The molecule has 2 N–H and O–H groups in total. The first kappa shape index (κ1) is 16.0. The standard InChI is InChI=1S/C19H26N2O2/c1-2-20-19(23)16-5-3-4-14(10-16)12-21-18(22)11-17-9-13-6-7-15(17)8-13/h3-5,10,13,15,17H,2,6-9,11-12H2,1H3,(H,20,23)(H,21,22)/t13-,15-,17+/m0/s1. The predicted octanol–water partition coefficient (Wildman–Crippen LogP) is 2.88. The quantitative estimate of drug-likeness (QED) is 0.848. The SMILES string of the molecule is CCNC(=O)c1cccc(CNC(=O)C[C@H]2C[C@H]3CC[C@H]2C3)c1. The Hall–Kier alpha value is -1.84. The molecule has 1 aromatic rings.